The van der Waals surface area contributed by atoms with Gasteiger partial charge in [0, 0.05) is 40.2 Å². The lowest BCUT2D eigenvalue weighted by Gasteiger charge is -2.48. The number of aromatic hydroxyl groups is 1. The number of ketones is 4. The lowest BCUT2D eigenvalue weighted by atomic mass is 9.58. The van der Waals surface area contributed by atoms with E-state index >= 15 is 0 Å². The largest absolute Gasteiger partial charge is 0.507 e. The molecule has 0 bridgehead atoms. The summed E-state index contributed by atoms with van der Waals surface area (Å²) >= 11 is 0. The molecule has 2 heterocycles. The zero-order valence-electron chi connectivity index (χ0n) is 26.3. The molecule has 2 atom stereocenters. The highest BCUT2D eigenvalue weighted by atomic mass is 16.5. The van der Waals surface area contributed by atoms with Crippen molar-refractivity contribution in [1.29, 1.82) is 0 Å². The Bertz CT molecular complexity index is 1520. The van der Waals surface area contributed by atoms with E-state index in [2.05, 4.69) is 0 Å². The molecule has 41 heavy (non-hydrogen) atoms. The summed E-state index contributed by atoms with van der Waals surface area (Å²) in [5, 5.41) is 11.5. The summed E-state index contributed by atoms with van der Waals surface area (Å²) in [6.45, 7) is 21.7. The molecule has 1 aromatic carbocycles. The summed E-state index contributed by atoms with van der Waals surface area (Å²) in [7, 11) is 0. The number of benzene rings is 1. The third-order valence-corrected chi connectivity index (χ3v) is 9.81. The molecule has 0 aromatic heterocycles. The third-order valence-electron chi connectivity index (χ3n) is 9.81. The number of rotatable bonds is 2. The molecule has 0 saturated carbocycles. The number of allylic oxidation sites excluding steroid dienone is 4. The highest BCUT2D eigenvalue weighted by Crippen LogP contribution is 2.63. The standard InChI is InChI=1S/C34H42O7/c1-14(2)18-20-16(35)13-17-21(24(20)41-28-22(18)25(36)31(5,6)30(39)34(28,11)12)19(15(3)4)23-26(37)32(7,8)29(38)33(9,10)27(23)40-17/h13-15,18-19,35H,1-12H3/t18-,19-/m1/s1. The van der Waals surface area contributed by atoms with Crippen molar-refractivity contribution in [1.82, 2.24) is 0 Å². The summed E-state index contributed by atoms with van der Waals surface area (Å²) < 4.78 is 13.1. The van der Waals surface area contributed by atoms with Gasteiger partial charge in [0.1, 0.15) is 28.8 Å². The Morgan fingerprint density at radius 2 is 1.02 bits per heavy atom. The first-order chi connectivity index (χ1) is 18.6. The van der Waals surface area contributed by atoms with Crippen molar-refractivity contribution in [2.24, 2.45) is 33.5 Å². The second-order valence-electron chi connectivity index (χ2n) is 15.0. The number of phenols is 1. The van der Waals surface area contributed by atoms with E-state index in [4.69, 9.17) is 9.47 Å². The van der Waals surface area contributed by atoms with Crippen molar-refractivity contribution in [2.45, 2.75) is 94.9 Å². The van der Waals surface area contributed by atoms with Gasteiger partial charge in [-0.3, -0.25) is 19.2 Å². The highest BCUT2D eigenvalue weighted by Gasteiger charge is 2.60. The van der Waals surface area contributed by atoms with Crippen molar-refractivity contribution in [2.75, 3.05) is 0 Å². The smallest absolute Gasteiger partial charge is 0.175 e. The molecule has 1 aromatic rings. The lowest BCUT2D eigenvalue weighted by Crippen LogP contribution is -2.53. The van der Waals surface area contributed by atoms with E-state index in [9.17, 15) is 24.3 Å². The Labute approximate surface area is 242 Å². The number of hydrogen-bond donors (Lipinski definition) is 1. The SMILES string of the molecule is CC(C)[C@H]1C2=C(Oc3c1c(O)cc1c3[C@@H](C(C)C)C3=C(O1)C(C)(C)C(=O)C(C)(C)C3=O)C(C)(C)C(=O)C(C)(C)C2=O. The van der Waals surface area contributed by atoms with Crippen molar-refractivity contribution in [3.63, 3.8) is 0 Å². The molecule has 5 rings (SSSR count). The molecule has 0 fully saturated rings. The van der Waals surface area contributed by atoms with Gasteiger partial charge in [-0.05, 0) is 67.2 Å². The molecule has 2 aliphatic heterocycles. The summed E-state index contributed by atoms with van der Waals surface area (Å²) in [6, 6.07) is 1.52. The van der Waals surface area contributed by atoms with E-state index in [1.807, 2.05) is 27.7 Å². The minimum absolute atomic E-state index is 0.0949. The normalized spacial score (nSPS) is 27.3. The van der Waals surface area contributed by atoms with Gasteiger partial charge < -0.3 is 14.6 Å². The van der Waals surface area contributed by atoms with Crippen LogP contribution in [-0.2, 0) is 19.2 Å². The maximum absolute atomic E-state index is 14.1. The van der Waals surface area contributed by atoms with E-state index < -0.39 is 33.5 Å². The van der Waals surface area contributed by atoms with Gasteiger partial charge in [-0.1, -0.05) is 27.7 Å². The maximum atomic E-state index is 14.1. The summed E-state index contributed by atoms with van der Waals surface area (Å²) in [6.07, 6.45) is 0. The van der Waals surface area contributed by atoms with Crippen LogP contribution in [0.1, 0.15) is 106 Å². The van der Waals surface area contributed by atoms with E-state index in [1.165, 1.54) is 6.07 Å². The maximum Gasteiger partial charge on any atom is 0.175 e. The van der Waals surface area contributed by atoms with Crippen LogP contribution in [-0.4, -0.2) is 28.2 Å². The first-order valence-corrected chi connectivity index (χ1v) is 14.6. The van der Waals surface area contributed by atoms with Gasteiger partial charge in [-0.2, -0.15) is 0 Å². The number of phenolic OH excluding ortho intramolecular Hbond substituents is 1. The summed E-state index contributed by atoms with van der Waals surface area (Å²) in [5.74, 6) is -1.20. The van der Waals surface area contributed by atoms with Crippen LogP contribution in [0.5, 0.6) is 17.2 Å². The topological polar surface area (TPSA) is 107 Å². The number of ether oxygens (including phenoxy) is 2. The Kier molecular flexibility index (Phi) is 6.01. The molecule has 0 amide bonds. The minimum Gasteiger partial charge on any atom is -0.507 e. The molecule has 7 nitrogen and oxygen atoms in total. The Morgan fingerprint density at radius 3 is 1.44 bits per heavy atom. The summed E-state index contributed by atoms with van der Waals surface area (Å²) in [5.41, 5.74) is -2.77. The number of Topliss-reactive ketones (excluding diaryl/α,β-unsaturated/α-hetero) is 4. The summed E-state index contributed by atoms with van der Waals surface area (Å²) in [4.78, 5) is 55.2. The zero-order chi connectivity index (χ0) is 30.9. The quantitative estimate of drug-likeness (QED) is 0.406. The number of carbonyl (C=O) groups excluding carboxylic acids is 4. The molecule has 0 radical (unpaired) electrons. The first-order valence-electron chi connectivity index (χ1n) is 14.6. The fourth-order valence-electron chi connectivity index (χ4n) is 7.73. The second kappa shape index (κ2) is 8.42. The predicted molar refractivity (Wildman–Crippen MR) is 154 cm³/mol. The van der Waals surface area contributed by atoms with Gasteiger partial charge in [0.25, 0.3) is 0 Å². The average molecular weight is 563 g/mol. The Morgan fingerprint density at radius 1 is 0.634 bits per heavy atom. The molecular formula is C34H42O7. The Hall–Kier alpha value is -3.22. The van der Waals surface area contributed by atoms with Gasteiger partial charge >= 0.3 is 0 Å². The molecule has 0 saturated heterocycles. The van der Waals surface area contributed by atoms with Gasteiger partial charge in [0.2, 0.25) is 0 Å². The van der Waals surface area contributed by atoms with Crippen LogP contribution in [0.3, 0.4) is 0 Å². The van der Waals surface area contributed by atoms with Crippen molar-refractivity contribution in [3.8, 4) is 17.2 Å². The van der Waals surface area contributed by atoms with Crippen LogP contribution in [0.2, 0.25) is 0 Å². The average Bonchev–Trinajstić information content (AvgIpc) is 2.87. The predicted octanol–water partition coefficient (Wildman–Crippen LogP) is 6.57. The van der Waals surface area contributed by atoms with Gasteiger partial charge in [-0.25, -0.2) is 0 Å². The van der Waals surface area contributed by atoms with Crippen LogP contribution >= 0.6 is 0 Å². The molecular weight excluding hydrogens is 520 g/mol. The monoisotopic (exact) mass is 562 g/mol. The molecule has 0 unspecified atom stereocenters. The van der Waals surface area contributed by atoms with Crippen molar-refractivity contribution in [3.05, 3.63) is 39.9 Å². The molecule has 1 N–H and O–H groups in total. The van der Waals surface area contributed by atoms with Crippen LogP contribution in [0.15, 0.2) is 28.7 Å². The second-order valence-corrected chi connectivity index (χ2v) is 15.0. The highest BCUT2D eigenvalue weighted by molar-refractivity contribution is 6.21. The van der Waals surface area contributed by atoms with E-state index in [0.717, 1.165) is 0 Å². The number of fused-ring (bicyclic) bond motifs is 3. The van der Waals surface area contributed by atoms with Gasteiger partial charge in [-0.15, -0.1) is 0 Å². The van der Waals surface area contributed by atoms with Crippen LogP contribution in [0, 0.1) is 33.5 Å². The fourth-order valence-corrected chi connectivity index (χ4v) is 7.73. The van der Waals surface area contributed by atoms with Crippen LogP contribution in [0.4, 0.5) is 0 Å². The Balaban J connectivity index is 1.86. The molecule has 0 spiro atoms. The van der Waals surface area contributed by atoms with Gasteiger partial charge in [0.15, 0.2) is 23.1 Å². The third kappa shape index (κ3) is 3.50. The minimum atomic E-state index is -1.25. The van der Waals surface area contributed by atoms with Crippen molar-refractivity contribution >= 4 is 23.1 Å². The zero-order valence-corrected chi connectivity index (χ0v) is 26.3. The first kappa shape index (κ1) is 29.3. The van der Waals surface area contributed by atoms with E-state index in [-0.39, 0.29) is 40.7 Å². The van der Waals surface area contributed by atoms with Crippen molar-refractivity contribution < 1.29 is 33.8 Å². The van der Waals surface area contributed by atoms with Gasteiger partial charge in [0.05, 0.1) is 21.7 Å². The number of carbonyl (C=O) groups is 4. The molecule has 220 valence electrons. The number of hydrogen-bond acceptors (Lipinski definition) is 7. The van der Waals surface area contributed by atoms with E-state index in [0.29, 0.717) is 45.3 Å². The molecule has 4 aliphatic rings. The molecule has 2 aliphatic carbocycles. The molecule has 7 heteroatoms. The van der Waals surface area contributed by atoms with Crippen LogP contribution in [0.25, 0.3) is 0 Å². The lowest BCUT2D eigenvalue weighted by molar-refractivity contribution is -0.146. The van der Waals surface area contributed by atoms with E-state index in [1.54, 1.807) is 55.4 Å². The van der Waals surface area contributed by atoms with Crippen LogP contribution < -0.4 is 9.47 Å². The fraction of sp³-hybridized carbons (Fsp3) is 0.588.